The van der Waals surface area contributed by atoms with Crippen molar-refractivity contribution in [3.05, 3.63) is 95.6 Å². The molecule has 4 fully saturated rings. The van der Waals surface area contributed by atoms with Crippen molar-refractivity contribution in [3.8, 4) is 11.1 Å². The van der Waals surface area contributed by atoms with Gasteiger partial charge in [-0.05, 0) is 78.2 Å². The first-order chi connectivity index (χ1) is 18.1. The van der Waals surface area contributed by atoms with E-state index in [1.54, 1.807) is 0 Å². The van der Waals surface area contributed by atoms with E-state index in [1.807, 2.05) is 4.90 Å². The molecule has 8 rings (SSSR count). The topological polar surface area (TPSA) is 44.4 Å². The number of carbonyl (C=O) groups is 1. The molecule has 4 heteroatoms. The highest BCUT2D eigenvalue weighted by molar-refractivity contribution is 5.79. The lowest BCUT2D eigenvalue weighted by Gasteiger charge is -2.62. The van der Waals surface area contributed by atoms with E-state index in [0.717, 1.165) is 37.9 Å². The molecule has 3 aromatic rings. The Balaban J connectivity index is 0.998. The van der Waals surface area contributed by atoms with Crippen molar-refractivity contribution in [2.75, 3.05) is 6.54 Å². The second-order valence-corrected chi connectivity index (χ2v) is 12.3. The van der Waals surface area contributed by atoms with Gasteiger partial charge >= 0.3 is 0 Å². The van der Waals surface area contributed by atoms with Gasteiger partial charge < -0.3 is 15.5 Å². The normalized spacial score (nSPS) is 29.5. The largest absolute Gasteiger partial charge is 0.333 e. The van der Waals surface area contributed by atoms with Gasteiger partial charge in [-0.3, -0.25) is 4.79 Å². The maximum Gasteiger partial charge on any atom is 0.237 e. The van der Waals surface area contributed by atoms with Gasteiger partial charge in [0.1, 0.15) is 0 Å². The molecule has 37 heavy (non-hydrogen) atoms. The second kappa shape index (κ2) is 9.11. The lowest BCUT2D eigenvalue weighted by molar-refractivity contribution is -0.132. The van der Waals surface area contributed by atoms with E-state index in [-0.39, 0.29) is 17.0 Å². The highest BCUT2D eigenvalue weighted by Crippen LogP contribution is 2.57. The molecule has 2 N–H and O–H groups in total. The van der Waals surface area contributed by atoms with Gasteiger partial charge in [0.05, 0.1) is 6.54 Å². The predicted octanol–water partition coefficient (Wildman–Crippen LogP) is 5.67. The number of carbonyl (C=O) groups excluding carboxylic acids is 1. The fraction of sp³-hybridized carbons (Fsp3) is 0.424. The van der Waals surface area contributed by atoms with Gasteiger partial charge in [0, 0.05) is 30.7 Å². The van der Waals surface area contributed by atoms with Crippen molar-refractivity contribution in [1.29, 1.82) is 0 Å². The van der Waals surface area contributed by atoms with Crippen molar-refractivity contribution in [3.63, 3.8) is 0 Å². The summed E-state index contributed by atoms with van der Waals surface area (Å²) in [4.78, 5) is 15.2. The van der Waals surface area contributed by atoms with Crippen LogP contribution in [-0.4, -0.2) is 28.4 Å². The van der Waals surface area contributed by atoms with E-state index in [1.165, 1.54) is 59.9 Å². The average molecular weight is 492 g/mol. The number of nitrogens with one attached hydrogen (secondary N) is 2. The van der Waals surface area contributed by atoms with Gasteiger partial charge in [-0.15, -0.1) is 0 Å². The highest BCUT2D eigenvalue weighted by atomic mass is 16.2. The zero-order chi connectivity index (χ0) is 24.9. The number of rotatable bonds is 7. The van der Waals surface area contributed by atoms with Crippen molar-refractivity contribution in [1.82, 2.24) is 15.5 Å². The minimum atomic E-state index is 0.108. The zero-order valence-corrected chi connectivity index (χ0v) is 21.6. The maximum atomic E-state index is 13.2. The van der Waals surface area contributed by atoms with Crippen molar-refractivity contribution >= 4 is 5.91 Å². The van der Waals surface area contributed by atoms with E-state index in [4.69, 9.17) is 0 Å². The minimum absolute atomic E-state index is 0.108. The molecule has 1 aliphatic heterocycles. The predicted molar refractivity (Wildman–Crippen MR) is 148 cm³/mol. The van der Waals surface area contributed by atoms with Crippen LogP contribution >= 0.6 is 0 Å². The van der Waals surface area contributed by atoms with E-state index < -0.39 is 0 Å². The molecule has 4 aliphatic carbocycles. The third-order valence-corrected chi connectivity index (χ3v) is 9.60. The van der Waals surface area contributed by atoms with Crippen molar-refractivity contribution in [2.45, 2.75) is 69.2 Å². The Morgan fingerprint density at radius 1 is 0.730 bits per heavy atom. The summed E-state index contributed by atoms with van der Waals surface area (Å²) in [7, 11) is 0. The molecule has 4 bridgehead atoms. The Bertz CT molecular complexity index is 1250. The van der Waals surface area contributed by atoms with Crippen LogP contribution in [0.5, 0.6) is 0 Å². The Hall–Kier alpha value is -2.95. The summed E-state index contributed by atoms with van der Waals surface area (Å²) in [6.07, 6.45) is 7.53. The Labute approximate surface area is 220 Å². The summed E-state index contributed by atoms with van der Waals surface area (Å²) in [5, 5.41) is 7.89. The molecule has 2 atom stereocenters. The van der Waals surface area contributed by atoms with E-state index in [9.17, 15) is 4.79 Å². The monoisotopic (exact) mass is 491 g/mol. The first-order valence-electron chi connectivity index (χ1n) is 14.1. The number of nitrogens with zero attached hydrogens (tertiary/aromatic N) is 1. The van der Waals surface area contributed by atoms with Crippen LogP contribution in [-0.2, 0) is 24.4 Å². The number of amides is 1. The summed E-state index contributed by atoms with van der Waals surface area (Å²) < 4.78 is 0. The molecule has 2 unspecified atom stereocenters. The third kappa shape index (κ3) is 4.51. The Kier molecular flexibility index (Phi) is 5.71. The number of hydrogen-bond donors (Lipinski definition) is 2. The molecule has 190 valence electrons. The van der Waals surface area contributed by atoms with Crippen LogP contribution in [0.25, 0.3) is 11.1 Å². The molecular weight excluding hydrogens is 454 g/mol. The Morgan fingerprint density at radius 2 is 1.30 bits per heavy atom. The SMILES string of the molecule is O=C(CNC12CC3CC(C1)CC(NCc1ccc(-c4ccccc4)cc1)(C3)C2)N1Cc2ccccc2C1. The van der Waals surface area contributed by atoms with Gasteiger partial charge in [-0.25, -0.2) is 0 Å². The molecule has 0 saturated heterocycles. The van der Waals surface area contributed by atoms with Crippen LogP contribution in [0.2, 0.25) is 0 Å². The van der Waals surface area contributed by atoms with Crippen LogP contribution < -0.4 is 10.6 Å². The molecule has 0 radical (unpaired) electrons. The second-order valence-electron chi connectivity index (χ2n) is 12.3. The highest BCUT2D eigenvalue weighted by Gasteiger charge is 2.57. The zero-order valence-electron chi connectivity index (χ0n) is 21.6. The molecule has 0 aromatic heterocycles. The van der Waals surface area contributed by atoms with Crippen LogP contribution in [0.15, 0.2) is 78.9 Å². The summed E-state index contributed by atoms with van der Waals surface area (Å²) in [6.45, 7) is 2.88. The average Bonchev–Trinajstić information content (AvgIpc) is 3.35. The van der Waals surface area contributed by atoms with Gasteiger partial charge in [0.2, 0.25) is 5.91 Å². The van der Waals surface area contributed by atoms with Crippen LogP contribution in [0.1, 0.15) is 55.2 Å². The third-order valence-electron chi connectivity index (χ3n) is 9.60. The van der Waals surface area contributed by atoms with E-state index in [0.29, 0.717) is 6.54 Å². The standard InChI is InChI=1S/C33H37N3O/c37-31(36-21-29-8-4-5-9-30(29)22-36)20-35-33-17-25-14-26(18-33)16-32(15-25,23-33)34-19-24-10-12-28(13-11-24)27-6-2-1-3-7-27/h1-13,25-26,34-35H,14-23H2. The summed E-state index contributed by atoms with van der Waals surface area (Å²) in [5.74, 6) is 1.79. The molecule has 4 nitrogen and oxygen atoms in total. The summed E-state index contributed by atoms with van der Waals surface area (Å²) in [6, 6.07) is 28.1. The van der Waals surface area contributed by atoms with Gasteiger partial charge in [0.15, 0.2) is 0 Å². The molecule has 5 aliphatic rings. The minimum Gasteiger partial charge on any atom is -0.333 e. The van der Waals surface area contributed by atoms with Crippen LogP contribution in [0, 0.1) is 11.8 Å². The first-order valence-corrected chi connectivity index (χ1v) is 14.1. The number of fused-ring (bicyclic) bond motifs is 1. The van der Waals surface area contributed by atoms with Crippen molar-refractivity contribution < 1.29 is 4.79 Å². The number of benzene rings is 3. The summed E-state index contributed by atoms with van der Waals surface area (Å²) in [5.41, 5.74) is 6.78. The molecular formula is C33H37N3O. The molecule has 1 heterocycles. The Morgan fingerprint density at radius 3 is 1.95 bits per heavy atom. The van der Waals surface area contributed by atoms with E-state index in [2.05, 4.69) is 89.5 Å². The lowest BCUT2D eigenvalue weighted by atomic mass is 9.50. The molecule has 1 amide bonds. The summed E-state index contributed by atoms with van der Waals surface area (Å²) >= 11 is 0. The van der Waals surface area contributed by atoms with Crippen molar-refractivity contribution in [2.24, 2.45) is 11.8 Å². The van der Waals surface area contributed by atoms with Crippen LogP contribution in [0.3, 0.4) is 0 Å². The van der Waals surface area contributed by atoms with E-state index >= 15 is 0 Å². The smallest absolute Gasteiger partial charge is 0.237 e. The van der Waals surface area contributed by atoms with Gasteiger partial charge in [-0.2, -0.15) is 0 Å². The fourth-order valence-corrected chi connectivity index (χ4v) is 8.30. The van der Waals surface area contributed by atoms with Crippen LogP contribution in [0.4, 0.5) is 0 Å². The van der Waals surface area contributed by atoms with Gasteiger partial charge in [-0.1, -0.05) is 78.9 Å². The molecule has 3 aromatic carbocycles. The molecule has 4 saturated carbocycles. The van der Waals surface area contributed by atoms with Gasteiger partial charge in [0.25, 0.3) is 0 Å². The fourth-order valence-electron chi connectivity index (χ4n) is 8.30. The molecule has 0 spiro atoms. The lowest BCUT2D eigenvalue weighted by Crippen LogP contribution is -2.69. The maximum absolute atomic E-state index is 13.2. The number of hydrogen-bond acceptors (Lipinski definition) is 3. The quantitative estimate of drug-likeness (QED) is 0.448. The first kappa shape index (κ1) is 23.2.